The van der Waals surface area contributed by atoms with E-state index in [4.69, 9.17) is 10.9 Å². The summed E-state index contributed by atoms with van der Waals surface area (Å²) in [4.78, 5) is 25.9. The maximum atomic E-state index is 12.8. The number of nitrogens with one attached hydrogen (secondary N) is 1. The van der Waals surface area contributed by atoms with Gasteiger partial charge in [-0.15, -0.1) is 0 Å². The summed E-state index contributed by atoms with van der Waals surface area (Å²) < 4.78 is 0. The highest BCUT2D eigenvalue weighted by Crippen LogP contribution is 2.24. The van der Waals surface area contributed by atoms with Crippen LogP contribution in [0.15, 0.2) is 48.5 Å². The Labute approximate surface area is 163 Å². The summed E-state index contributed by atoms with van der Waals surface area (Å²) in [5, 5.41) is 19.0. The molecule has 5 N–H and O–H groups in total. The van der Waals surface area contributed by atoms with E-state index >= 15 is 0 Å². The number of carbonyl (C=O) groups excluding carboxylic acids is 2. The lowest BCUT2D eigenvalue weighted by molar-refractivity contribution is -0.135. The van der Waals surface area contributed by atoms with Crippen LogP contribution < -0.4 is 11.2 Å². The number of amides is 2. The van der Waals surface area contributed by atoms with Gasteiger partial charge >= 0.3 is 0 Å². The molecule has 0 aliphatic carbocycles. The Kier molecular flexibility index (Phi) is 6.08. The van der Waals surface area contributed by atoms with Crippen molar-refractivity contribution in [2.24, 2.45) is 5.73 Å². The molecule has 0 aromatic heterocycles. The predicted octanol–water partition coefficient (Wildman–Crippen LogP) is 1.32. The van der Waals surface area contributed by atoms with Crippen LogP contribution in [0.1, 0.15) is 29.3 Å². The number of rotatable bonds is 5. The number of aryl methyl sites for hydroxylation is 1. The minimum absolute atomic E-state index is 0.0265. The number of likely N-dealkylation sites (tertiary alicyclic amines) is 1. The van der Waals surface area contributed by atoms with E-state index in [0.717, 1.165) is 24.0 Å². The molecule has 7 nitrogen and oxygen atoms in total. The molecular weight excluding hydrogens is 358 g/mol. The predicted molar refractivity (Wildman–Crippen MR) is 105 cm³/mol. The minimum Gasteiger partial charge on any atom is -0.389 e. The zero-order valence-corrected chi connectivity index (χ0v) is 15.7. The Morgan fingerprint density at radius 1 is 1.11 bits per heavy atom. The summed E-state index contributed by atoms with van der Waals surface area (Å²) in [5.74, 6) is -1.29. The lowest BCUT2D eigenvalue weighted by atomic mass is 10.0. The van der Waals surface area contributed by atoms with Crippen molar-refractivity contribution < 1.29 is 19.9 Å². The van der Waals surface area contributed by atoms with Gasteiger partial charge in [-0.05, 0) is 35.2 Å². The quantitative estimate of drug-likeness (QED) is 0.459. The topological polar surface area (TPSA) is 116 Å². The van der Waals surface area contributed by atoms with Gasteiger partial charge in [0.2, 0.25) is 0 Å². The molecule has 2 aromatic carbocycles. The molecule has 2 unspecified atom stereocenters. The fraction of sp³-hybridized carbons (Fsp3) is 0.333. The molecule has 1 saturated heterocycles. The summed E-state index contributed by atoms with van der Waals surface area (Å²) in [6.45, 7) is 2.17. The van der Waals surface area contributed by atoms with Gasteiger partial charge in [-0.3, -0.25) is 14.8 Å². The van der Waals surface area contributed by atoms with E-state index in [9.17, 15) is 14.7 Å². The van der Waals surface area contributed by atoms with Gasteiger partial charge in [0.25, 0.3) is 11.8 Å². The first-order valence-electron chi connectivity index (χ1n) is 9.34. The van der Waals surface area contributed by atoms with Crippen LogP contribution in [0.5, 0.6) is 0 Å². The van der Waals surface area contributed by atoms with Gasteiger partial charge in [-0.1, -0.05) is 49.7 Å². The Bertz CT molecular complexity index is 836. The van der Waals surface area contributed by atoms with Crippen LogP contribution in [0, 0.1) is 0 Å². The van der Waals surface area contributed by atoms with Crippen LogP contribution in [-0.2, 0) is 11.2 Å². The van der Waals surface area contributed by atoms with Crippen LogP contribution >= 0.6 is 0 Å². The second-order valence-corrected chi connectivity index (χ2v) is 7.06. The molecule has 1 aliphatic rings. The third-order valence-electron chi connectivity index (χ3n) is 5.10. The van der Waals surface area contributed by atoms with Crippen LogP contribution in [0.25, 0.3) is 11.1 Å². The van der Waals surface area contributed by atoms with Gasteiger partial charge in [0.05, 0.1) is 6.04 Å². The van der Waals surface area contributed by atoms with Gasteiger partial charge < -0.3 is 15.7 Å². The Hall–Kier alpha value is -2.74. The zero-order valence-electron chi connectivity index (χ0n) is 15.7. The number of nitrogens with two attached hydrogens (primary N) is 1. The van der Waals surface area contributed by atoms with Crippen LogP contribution in [-0.4, -0.2) is 51.8 Å². The summed E-state index contributed by atoms with van der Waals surface area (Å²) in [6, 6.07) is 13.4. The lowest BCUT2D eigenvalue weighted by Crippen LogP contribution is -2.50. The standard InChI is InChI=1S/C21H25N3O4/c1-2-3-13-4-6-14(7-5-13)15-8-10-16(11-9-15)21(27)24-12-17(22)19(25)18(24)20(26)23-28/h4-11,17-19,25,28H,2-3,12,22H2,1H3,(H,23,26)/t17?,18-,19?/m0/s1. The molecule has 3 rings (SSSR count). The van der Waals surface area contributed by atoms with Crippen molar-refractivity contribution >= 4 is 11.8 Å². The van der Waals surface area contributed by atoms with Crippen molar-refractivity contribution in [2.75, 3.05) is 6.54 Å². The molecule has 1 aliphatic heterocycles. The average molecular weight is 383 g/mol. The van der Waals surface area contributed by atoms with Gasteiger partial charge in [-0.25, -0.2) is 5.48 Å². The highest BCUT2D eigenvalue weighted by atomic mass is 16.5. The molecule has 2 amide bonds. The van der Waals surface area contributed by atoms with Crippen molar-refractivity contribution in [1.29, 1.82) is 0 Å². The first kappa shape index (κ1) is 20.0. The number of aliphatic hydroxyl groups excluding tert-OH is 1. The Balaban J connectivity index is 1.79. The van der Waals surface area contributed by atoms with Gasteiger partial charge in [-0.2, -0.15) is 0 Å². The SMILES string of the molecule is CCCc1ccc(-c2ccc(C(=O)N3CC(N)C(O)[C@H]3C(=O)NO)cc2)cc1. The van der Waals surface area contributed by atoms with E-state index in [-0.39, 0.29) is 6.54 Å². The molecule has 1 heterocycles. The highest BCUT2D eigenvalue weighted by molar-refractivity contribution is 5.98. The molecule has 0 radical (unpaired) electrons. The molecule has 7 heteroatoms. The maximum absolute atomic E-state index is 12.8. The molecule has 0 spiro atoms. The molecule has 28 heavy (non-hydrogen) atoms. The Morgan fingerprint density at radius 3 is 2.21 bits per heavy atom. The van der Waals surface area contributed by atoms with Crippen molar-refractivity contribution in [3.8, 4) is 11.1 Å². The molecule has 148 valence electrons. The number of aliphatic hydroxyl groups is 1. The zero-order chi connectivity index (χ0) is 20.3. The Morgan fingerprint density at radius 2 is 1.68 bits per heavy atom. The largest absolute Gasteiger partial charge is 0.389 e. The molecule has 1 fully saturated rings. The summed E-state index contributed by atoms with van der Waals surface area (Å²) in [5.41, 5.74) is 11.0. The van der Waals surface area contributed by atoms with Crippen molar-refractivity contribution in [2.45, 2.75) is 38.0 Å². The molecule has 0 bridgehead atoms. The molecule has 3 atom stereocenters. The smallest absolute Gasteiger partial charge is 0.268 e. The van der Waals surface area contributed by atoms with E-state index in [2.05, 4.69) is 31.2 Å². The lowest BCUT2D eigenvalue weighted by Gasteiger charge is -2.24. The summed E-state index contributed by atoms with van der Waals surface area (Å²) in [7, 11) is 0. The second-order valence-electron chi connectivity index (χ2n) is 7.06. The minimum atomic E-state index is -1.24. The molecule has 2 aromatic rings. The average Bonchev–Trinajstić information content (AvgIpc) is 3.02. The third-order valence-corrected chi connectivity index (χ3v) is 5.10. The fourth-order valence-corrected chi connectivity index (χ4v) is 3.56. The number of carbonyl (C=O) groups is 2. The third kappa shape index (κ3) is 3.91. The highest BCUT2D eigenvalue weighted by Gasteiger charge is 2.45. The van der Waals surface area contributed by atoms with E-state index in [1.807, 2.05) is 12.1 Å². The number of hydroxylamine groups is 1. The van der Waals surface area contributed by atoms with Crippen LogP contribution in [0.3, 0.4) is 0 Å². The molecule has 0 saturated carbocycles. The van der Waals surface area contributed by atoms with Gasteiger partial charge in [0, 0.05) is 12.1 Å². The van der Waals surface area contributed by atoms with E-state index in [1.165, 1.54) is 15.9 Å². The van der Waals surface area contributed by atoms with E-state index in [0.29, 0.717) is 5.56 Å². The first-order chi connectivity index (χ1) is 13.5. The second kappa shape index (κ2) is 8.52. The summed E-state index contributed by atoms with van der Waals surface area (Å²) in [6.07, 6.45) is 0.900. The van der Waals surface area contributed by atoms with E-state index < -0.39 is 30.0 Å². The van der Waals surface area contributed by atoms with Crippen LogP contribution in [0.4, 0.5) is 0 Å². The van der Waals surface area contributed by atoms with Gasteiger partial charge in [0.15, 0.2) is 0 Å². The number of hydrogen-bond donors (Lipinski definition) is 4. The fourth-order valence-electron chi connectivity index (χ4n) is 3.56. The van der Waals surface area contributed by atoms with Crippen LogP contribution in [0.2, 0.25) is 0 Å². The summed E-state index contributed by atoms with van der Waals surface area (Å²) >= 11 is 0. The maximum Gasteiger partial charge on any atom is 0.268 e. The normalized spacial score (nSPS) is 21.6. The molecular formula is C21H25N3O4. The van der Waals surface area contributed by atoms with Gasteiger partial charge in [0.1, 0.15) is 12.1 Å². The van der Waals surface area contributed by atoms with Crippen molar-refractivity contribution in [1.82, 2.24) is 10.4 Å². The first-order valence-corrected chi connectivity index (χ1v) is 9.34. The number of hydrogen-bond acceptors (Lipinski definition) is 5. The van der Waals surface area contributed by atoms with Crippen molar-refractivity contribution in [3.05, 3.63) is 59.7 Å². The number of nitrogens with zero attached hydrogens (tertiary/aromatic N) is 1. The monoisotopic (exact) mass is 383 g/mol. The number of benzene rings is 2. The van der Waals surface area contributed by atoms with Crippen molar-refractivity contribution in [3.63, 3.8) is 0 Å². The van der Waals surface area contributed by atoms with E-state index in [1.54, 1.807) is 12.1 Å².